The van der Waals surface area contributed by atoms with Crippen LogP contribution in [-0.4, -0.2) is 40.3 Å². The van der Waals surface area contributed by atoms with Gasteiger partial charge in [-0.3, -0.25) is 4.79 Å². The van der Waals surface area contributed by atoms with Crippen molar-refractivity contribution in [3.63, 3.8) is 0 Å². The van der Waals surface area contributed by atoms with Gasteiger partial charge in [0.05, 0.1) is 12.6 Å². The molecule has 5 N–H and O–H groups in total. The molecule has 1 unspecified atom stereocenters. The number of nitrogens with two attached hydrogens (primary N) is 1. The summed E-state index contributed by atoms with van der Waals surface area (Å²) in [6.07, 6.45) is 2.33. The Morgan fingerprint density at radius 2 is 2.06 bits per heavy atom. The molecule has 0 fully saturated rings. The first-order valence-corrected chi connectivity index (χ1v) is 5.30. The van der Waals surface area contributed by atoms with Crippen LogP contribution < -0.4 is 11.1 Å². The summed E-state index contributed by atoms with van der Waals surface area (Å²) in [6.45, 7) is 2.76. The van der Waals surface area contributed by atoms with Crippen molar-refractivity contribution < 1.29 is 19.8 Å². The third-order valence-electron chi connectivity index (χ3n) is 2.27. The molecular weight excluding hydrogens is 212 g/mol. The van der Waals surface area contributed by atoms with Gasteiger partial charge in [0.2, 0.25) is 5.91 Å². The molecule has 0 aliphatic heterocycles. The maximum Gasteiger partial charge on any atom is 0.337 e. The molecule has 94 valence electrons. The van der Waals surface area contributed by atoms with Gasteiger partial charge in [-0.2, -0.15) is 0 Å². The standard InChI is InChI=1S/C10H20N2O4/c1-3-4-5-7(11)8(13)12-6-10(2,16)9(14)15/h7,16H,3-6,11H2,1-2H3,(H,12,13)(H,14,15)/t7-,10?/m0/s1. The molecule has 6 heteroatoms. The van der Waals surface area contributed by atoms with Gasteiger partial charge in [0.25, 0.3) is 0 Å². The maximum atomic E-state index is 11.4. The molecule has 0 aliphatic rings. The van der Waals surface area contributed by atoms with Crippen molar-refractivity contribution in [2.75, 3.05) is 6.54 Å². The van der Waals surface area contributed by atoms with Crippen LogP contribution in [0, 0.1) is 0 Å². The Balaban J connectivity index is 4.02. The highest BCUT2D eigenvalue weighted by molar-refractivity contribution is 5.83. The van der Waals surface area contributed by atoms with Gasteiger partial charge in [0.1, 0.15) is 0 Å². The van der Waals surface area contributed by atoms with Crippen molar-refractivity contribution >= 4 is 11.9 Å². The third-order valence-corrected chi connectivity index (χ3v) is 2.27. The van der Waals surface area contributed by atoms with Crippen LogP contribution in [0.25, 0.3) is 0 Å². The zero-order valence-electron chi connectivity index (χ0n) is 9.69. The maximum absolute atomic E-state index is 11.4. The molecule has 0 aromatic rings. The Morgan fingerprint density at radius 1 is 1.50 bits per heavy atom. The molecule has 6 nitrogen and oxygen atoms in total. The van der Waals surface area contributed by atoms with E-state index >= 15 is 0 Å². The van der Waals surface area contributed by atoms with E-state index < -0.39 is 23.5 Å². The average molecular weight is 232 g/mol. The summed E-state index contributed by atoms with van der Waals surface area (Å²) in [7, 11) is 0. The second-order valence-corrected chi connectivity index (χ2v) is 4.05. The molecule has 2 atom stereocenters. The lowest BCUT2D eigenvalue weighted by Crippen LogP contribution is -2.50. The number of amides is 1. The minimum Gasteiger partial charge on any atom is -0.479 e. The van der Waals surface area contributed by atoms with Gasteiger partial charge < -0.3 is 21.3 Å². The van der Waals surface area contributed by atoms with Crippen LogP contribution in [0.1, 0.15) is 33.1 Å². The number of carboxylic acids is 1. The number of nitrogens with one attached hydrogen (secondary N) is 1. The van der Waals surface area contributed by atoms with E-state index in [0.29, 0.717) is 6.42 Å². The highest BCUT2D eigenvalue weighted by Crippen LogP contribution is 2.02. The van der Waals surface area contributed by atoms with E-state index in [0.717, 1.165) is 19.8 Å². The normalized spacial score (nSPS) is 16.2. The second kappa shape index (κ2) is 6.44. The van der Waals surface area contributed by atoms with Crippen LogP contribution in [0.5, 0.6) is 0 Å². The van der Waals surface area contributed by atoms with E-state index in [1.54, 1.807) is 0 Å². The monoisotopic (exact) mass is 232 g/mol. The summed E-state index contributed by atoms with van der Waals surface area (Å²) in [5.41, 5.74) is 3.61. The van der Waals surface area contributed by atoms with Crippen molar-refractivity contribution in [3.8, 4) is 0 Å². The van der Waals surface area contributed by atoms with Crippen LogP contribution in [0.2, 0.25) is 0 Å². The number of rotatable bonds is 7. The molecule has 0 rings (SSSR count). The van der Waals surface area contributed by atoms with Crippen LogP contribution in [0.15, 0.2) is 0 Å². The fraction of sp³-hybridized carbons (Fsp3) is 0.800. The number of carbonyl (C=O) groups is 2. The minimum atomic E-state index is -1.96. The van der Waals surface area contributed by atoms with E-state index in [1.807, 2.05) is 6.92 Å². The molecule has 0 heterocycles. The predicted molar refractivity (Wildman–Crippen MR) is 58.8 cm³/mol. The molecule has 0 aromatic heterocycles. The average Bonchev–Trinajstić information content (AvgIpc) is 2.22. The van der Waals surface area contributed by atoms with E-state index in [9.17, 15) is 14.7 Å². The van der Waals surface area contributed by atoms with Crippen molar-refractivity contribution in [1.29, 1.82) is 0 Å². The molecule has 0 aliphatic carbocycles. The molecule has 0 radical (unpaired) electrons. The number of aliphatic hydroxyl groups is 1. The predicted octanol–water partition coefficient (Wildman–Crippen LogP) is -0.544. The van der Waals surface area contributed by atoms with Crippen molar-refractivity contribution in [1.82, 2.24) is 5.32 Å². The molecule has 0 saturated heterocycles. The quantitative estimate of drug-likeness (QED) is 0.470. The lowest BCUT2D eigenvalue weighted by molar-refractivity contribution is -0.156. The largest absolute Gasteiger partial charge is 0.479 e. The summed E-state index contributed by atoms with van der Waals surface area (Å²) in [5.74, 6) is -1.81. The lowest BCUT2D eigenvalue weighted by Gasteiger charge is -2.19. The number of hydrogen-bond acceptors (Lipinski definition) is 4. The smallest absolute Gasteiger partial charge is 0.337 e. The molecule has 0 saturated carbocycles. The summed E-state index contributed by atoms with van der Waals surface area (Å²) in [4.78, 5) is 21.9. The van der Waals surface area contributed by atoms with Crippen molar-refractivity contribution in [2.45, 2.75) is 44.8 Å². The fourth-order valence-corrected chi connectivity index (χ4v) is 1.02. The first kappa shape index (κ1) is 14.9. The molecule has 0 bridgehead atoms. The Bertz CT molecular complexity index is 253. The summed E-state index contributed by atoms with van der Waals surface area (Å²) in [5, 5.41) is 20.3. The number of unbranched alkanes of at least 4 members (excludes halogenated alkanes) is 1. The third kappa shape index (κ3) is 5.09. The highest BCUT2D eigenvalue weighted by atomic mass is 16.4. The molecular formula is C10H20N2O4. The van der Waals surface area contributed by atoms with E-state index in [-0.39, 0.29) is 6.54 Å². The first-order chi connectivity index (χ1) is 7.31. The summed E-state index contributed by atoms with van der Waals surface area (Å²) in [6, 6.07) is -0.649. The van der Waals surface area contributed by atoms with Gasteiger partial charge in [-0.05, 0) is 13.3 Å². The van der Waals surface area contributed by atoms with E-state index in [2.05, 4.69) is 5.32 Å². The summed E-state index contributed by atoms with van der Waals surface area (Å²) >= 11 is 0. The van der Waals surface area contributed by atoms with Crippen LogP contribution in [-0.2, 0) is 9.59 Å². The number of carbonyl (C=O) groups excluding carboxylic acids is 1. The molecule has 1 amide bonds. The first-order valence-electron chi connectivity index (χ1n) is 5.30. The Morgan fingerprint density at radius 3 is 2.50 bits per heavy atom. The van der Waals surface area contributed by atoms with Gasteiger partial charge in [0, 0.05) is 0 Å². The lowest BCUT2D eigenvalue weighted by atomic mass is 10.1. The Kier molecular flexibility index (Phi) is 5.98. The van der Waals surface area contributed by atoms with E-state index in [1.165, 1.54) is 0 Å². The summed E-state index contributed by atoms with van der Waals surface area (Å²) < 4.78 is 0. The molecule has 16 heavy (non-hydrogen) atoms. The number of carboxylic acid groups (broad SMARTS) is 1. The molecule has 0 aromatic carbocycles. The zero-order chi connectivity index (χ0) is 12.8. The van der Waals surface area contributed by atoms with Crippen LogP contribution >= 0.6 is 0 Å². The Hall–Kier alpha value is -1.14. The SMILES string of the molecule is CCCC[C@H](N)C(=O)NCC(C)(O)C(=O)O. The fourth-order valence-electron chi connectivity index (χ4n) is 1.02. The van der Waals surface area contributed by atoms with Crippen LogP contribution in [0.4, 0.5) is 0 Å². The van der Waals surface area contributed by atoms with Gasteiger partial charge in [-0.25, -0.2) is 4.79 Å². The number of aliphatic carboxylic acids is 1. The van der Waals surface area contributed by atoms with Gasteiger partial charge >= 0.3 is 5.97 Å². The topological polar surface area (TPSA) is 113 Å². The van der Waals surface area contributed by atoms with Gasteiger partial charge in [-0.1, -0.05) is 19.8 Å². The van der Waals surface area contributed by atoms with Gasteiger partial charge in [-0.15, -0.1) is 0 Å². The Labute approximate surface area is 94.8 Å². The highest BCUT2D eigenvalue weighted by Gasteiger charge is 2.30. The minimum absolute atomic E-state index is 0.346. The zero-order valence-corrected chi connectivity index (χ0v) is 9.69. The van der Waals surface area contributed by atoms with Crippen molar-refractivity contribution in [2.24, 2.45) is 5.73 Å². The second-order valence-electron chi connectivity index (χ2n) is 4.05. The van der Waals surface area contributed by atoms with Gasteiger partial charge in [0.15, 0.2) is 5.60 Å². The van der Waals surface area contributed by atoms with E-state index in [4.69, 9.17) is 10.8 Å². The van der Waals surface area contributed by atoms with Crippen LogP contribution in [0.3, 0.4) is 0 Å². The van der Waals surface area contributed by atoms with Crippen molar-refractivity contribution in [3.05, 3.63) is 0 Å². The molecule has 0 spiro atoms. The number of hydrogen-bond donors (Lipinski definition) is 4.